The highest BCUT2D eigenvalue weighted by Gasteiger charge is 2.28. The van der Waals surface area contributed by atoms with Crippen LogP contribution in [0.4, 0.5) is 0 Å². The lowest BCUT2D eigenvalue weighted by molar-refractivity contribution is 0.0725. The third-order valence-electron chi connectivity index (χ3n) is 4.58. The number of rotatable bonds is 4. The third-order valence-corrected chi connectivity index (χ3v) is 4.58. The number of methoxy groups -OCH3 is 1. The minimum Gasteiger partial charge on any atom is -0.496 e. The van der Waals surface area contributed by atoms with Crippen LogP contribution in [0, 0.1) is 0 Å². The van der Waals surface area contributed by atoms with Gasteiger partial charge in [-0.1, -0.05) is 24.3 Å². The number of para-hydroxylation sites is 1. The maximum absolute atomic E-state index is 12.9. The molecule has 0 radical (unpaired) electrons. The van der Waals surface area contributed by atoms with E-state index in [0.717, 1.165) is 42.1 Å². The van der Waals surface area contributed by atoms with Crippen LogP contribution >= 0.6 is 0 Å². The summed E-state index contributed by atoms with van der Waals surface area (Å²) >= 11 is 0. The van der Waals surface area contributed by atoms with Gasteiger partial charge in [-0.15, -0.1) is 0 Å². The van der Waals surface area contributed by atoms with Gasteiger partial charge >= 0.3 is 0 Å². The Hall–Kier alpha value is -2.89. The molecule has 1 aromatic heterocycles. The molecule has 0 spiro atoms. The fraction of sp³-hybridized carbons (Fsp3) is 0.316. The van der Waals surface area contributed by atoms with Crippen LogP contribution in [-0.2, 0) is 13.0 Å². The Balaban J connectivity index is 1.58. The van der Waals surface area contributed by atoms with Crippen LogP contribution in [0.3, 0.4) is 0 Å². The number of hydrogen-bond donors (Lipinski definition) is 0. The molecule has 128 valence electrons. The quantitative estimate of drug-likeness (QED) is 0.861. The maximum Gasteiger partial charge on any atom is 0.257 e. The van der Waals surface area contributed by atoms with Crippen LogP contribution in [0.1, 0.15) is 28.0 Å². The molecule has 6 heteroatoms. The summed E-state index contributed by atoms with van der Waals surface area (Å²) in [5, 5.41) is 4.59. The third kappa shape index (κ3) is 2.95. The lowest BCUT2D eigenvalue weighted by Crippen LogP contribution is -2.36. The highest BCUT2D eigenvalue weighted by atomic mass is 16.5. The molecule has 0 saturated heterocycles. The fourth-order valence-electron chi connectivity index (χ4n) is 3.26. The monoisotopic (exact) mass is 336 g/mol. The van der Waals surface area contributed by atoms with Crippen LogP contribution in [0.25, 0.3) is 5.70 Å². The van der Waals surface area contributed by atoms with Crippen LogP contribution in [0.2, 0.25) is 0 Å². The van der Waals surface area contributed by atoms with E-state index in [-0.39, 0.29) is 5.91 Å². The van der Waals surface area contributed by atoms with E-state index in [0.29, 0.717) is 18.7 Å². The van der Waals surface area contributed by atoms with Gasteiger partial charge in [-0.3, -0.25) is 9.79 Å². The summed E-state index contributed by atoms with van der Waals surface area (Å²) < 4.78 is 7.17. The topological polar surface area (TPSA) is 59.7 Å². The SMILES string of the molecule is COc1ccccc1CN1CCc2nn(C3=CCCN=C3)cc2C1=O. The van der Waals surface area contributed by atoms with Gasteiger partial charge < -0.3 is 9.64 Å². The van der Waals surface area contributed by atoms with Crippen molar-refractivity contribution in [1.29, 1.82) is 0 Å². The van der Waals surface area contributed by atoms with Gasteiger partial charge in [-0.05, 0) is 12.5 Å². The minimum atomic E-state index is 0.0201. The van der Waals surface area contributed by atoms with Crippen molar-refractivity contribution < 1.29 is 9.53 Å². The maximum atomic E-state index is 12.9. The van der Waals surface area contributed by atoms with Gasteiger partial charge in [0.05, 0.1) is 24.1 Å². The summed E-state index contributed by atoms with van der Waals surface area (Å²) in [7, 11) is 1.65. The standard InChI is InChI=1S/C19H20N4O2/c1-25-18-7-3-2-5-14(18)12-22-10-8-17-16(19(22)24)13-23(21-17)15-6-4-9-20-11-15/h2-3,5-7,11,13H,4,8-10,12H2,1H3. The molecule has 2 aliphatic heterocycles. The lowest BCUT2D eigenvalue weighted by atomic mass is 10.1. The van der Waals surface area contributed by atoms with Crippen molar-refractivity contribution >= 4 is 17.8 Å². The van der Waals surface area contributed by atoms with E-state index in [1.807, 2.05) is 41.6 Å². The highest BCUT2D eigenvalue weighted by Crippen LogP contribution is 2.24. The Morgan fingerprint density at radius 3 is 2.96 bits per heavy atom. The average molecular weight is 336 g/mol. The van der Waals surface area contributed by atoms with Crippen molar-refractivity contribution in [3.8, 4) is 5.75 Å². The molecule has 6 nitrogen and oxygen atoms in total. The molecular weight excluding hydrogens is 316 g/mol. The molecule has 0 bridgehead atoms. The van der Waals surface area contributed by atoms with Gasteiger partial charge in [0.2, 0.25) is 0 Å². The number of carbonyl (C=O) groups excluding carboxylic acids is 1. The highest BCUT2D eigenvalue weighted by molar-refractivity contribution is 6.03. The number of allylic oxidation sites excluding steroid dienone is 1. The second-order valence-corrected chi connectivity index (χ2v) is 6.18. The first-order valence-electron chi connectivity index (χ1n) is 8.46. The normalized spacial score (nSPS) is 16.6. The number of aliphatic imine (C=N–C) groups is 1. The van der Waals surface area contributed by atoms with Crippen molar-refractivity contribution in [1.82, 2.24) is 14.7 Å². The molecule has 0 N–H and O–H groups in total. The number of carbonyl (C=O) groups is 1. The molecule has 2 aliphatic rings. The fourth-order valence-corrected chi connectivity index (χ4v) is 3.26. The molecule has 25 heavy (non-hydrogen) atoms. The van der Waals surface area contributed by atoms with Gasteiger partial charge in [0.1, 0.15) is 5.75 Å². The number of fused-ring (bicyclic) bond motifs is 1. The van der Waals surface area contributed by atoms with Crippen molar-refractivity contribution in [2.75, 3.05) is 20.2 Å². The van der Waals surface area contributed by atoms with Crippen molar-refractivity contribution in [3.63, 3.8) is 0 Å². The zero-order valence-corrected chi connectivity index (χ0v) is 14.2. The van der Waals surface area contributed by atoms with E-state index in [9.17, 15) is 4.79 Å². The van der Waals surface area contributed by atoms with Gasteiger partial charge in [0.25, 0.3) is 5.91 Å². The van der Waals surface area contributed by atoms with Crippen molar-refractivity contribution in [2.24, 2.45) is 4.99 Å². The minimum absolute atomic E-state index is 0.0201. The van der Waals surface area contributed by atoms with E-state index in [2.05, 4.69) is 16.2 Å². The van der Waals surface area contributed by atoms with E-state index in [1.165, 1.54) is 0 Å². The van der Waals surface area contributed by atoms with Crippen LogP contribution < -0.4 is 4.74 Å². The summed E-state index contributed by atoms with van der Waals surface area (Å²) in [4.78, 5) is 19.0. The van der Waals surface area contributed by atoms with Crippen molar-refractivity contribution in [3.05, 3.63) is 53.4 Å². The zero-order chi connectivity index (χ0) is 17.2. The molecule has 0 unspecified atom stereocenters. The first kappa shape index (κ1) is 15.6. The predicted molar refractivity (Wildman–Crippen MR) is 95.9 cm³/mol. The molecular formula is C19H20N4O2. The number of benzene rings is 1. The van der Waals surface area contributed by atoms with Gasteiger partial charge in [-0.2, -0.15) is 5.10 Å². The Morgan fingerprint density at radius 2 is 2.16 bits per heavy atom. The molecule has 4 rings (SSSR count). The number of aromatic nitrogens is 2. The smallest absolute Gasteiger partial charge is 0.257 e. The van der Waals surface area contributed by atoms with E-state index in [1.54, 1.807) is 11.8 Å². The van der Waals surface area contributed by atoms with E-state index < -0.39 is 0 Å². The molecule has 0 aliphatic carbocycles. The predicted octanol–water partition coefficient (Wildman–Crippen LogP) is 2.41. The van der Waals surface area contributed by atoms with Crippen LogP contribution in [0.5, 0.6) is 5.75 Å². The second kappa shape index (κ2) is 6.55. The number of nitrogens with zero attached hydrogens (tertiary/aromatic N) is 4. The largest absolute Gasteiger partial charge is 0.496 e. The molecule has 0 atom stereocenters. The summed E-state index contributed by atoms with van der Waals surface area (Å²) in [5.41, 5.74) is 3.49. The van der Waals surface area contributed by atoms with Gasteiger partial charge in [0, 0.05) is 44.0 Å². The molecule has 0 fully saturated rings. The lowest BCUT2D eigenvalue weighted by Gasteiger charge is -2.26. The summed E-state index contributed by atoms with van der Waals surface area (Å²) in [6, 6.07) is 7.81. The number of ether oxygens (including phenoxy) is 1. The Labute approximate surface area is 146 Å². The summed E-state index contributed by atoms with van der Waals surface area (Å²) in [6.45, 7) is 2.02. The molecule has 0 saturated carbocycles. The van der Waals surface area contributed by atoms with Gasteiger partial charge in [-0.25, -0.2) is 4.68 Å². The summed E-state index contributed by atoms with van der Waals surface area (Å²) in [6.07, 6.45) is 7.41. The molecule has 1 amide bonds. The Bertz CT molecular complexity index is 866. The molecule has 1 aromatic carbocycles. The molecule has 3 heterocycles. The van der Waals surface area contributed by atoms with Gasteiger partial charge in [0.15, 0.2) is 0 Å². The van der Waals surface area contributed by atoms with Crippen LogP contribution in [0.15, 0.2) is 41.5 Å². The van der Waals surface area contributed by atoms with E-state index >= 15 is 0 Å². The number of hydrogen-bond acceptors (Lipinski definition) is 4. The van der Waals surface area contributed by atoms with Crippen LogP contribution in [-0.4, -0.2) is 47.0 Å². The zero-order valence-electron chi connectivity index (χ0n) is 14.2. The second-order valence-electron chi connectivity index (χ2n) is 6.18. The first-order valence-corrected chi connectivity index (χ1v) is 8.46. The van der Waals surface area contributed by atoms with E-state index in [4.69, 9.17) is 4.74 Å². The van der Waals surface area contributed by atoms with Crippen molar-refractivity contribution in [2.45, 2.75) is 19.4 Å². The summed E-state index contributed by atoms with van der Waals surface area (Å²) in [5.74, 6) is 0.826. The Kier molecular flexibility index (Phi) is 4.09. The average Bonchev–Trinajstić information content (AvgIpc) is 3.10. The first-order chi connectivity index (χ1) is 12.3. The number of amides is 1. The number of dihydropyridines is 1. The molecule has 2 aromatic rings. The Morgan fingerprint density at radius 1 is 1.28 bits per heavy atom.